The van der Waals surface area contributed by atoms with Gasteiger partial charge in [0.05, 0.1) is 17.2 Å². The summed E-state index contributed by atoms with van der Waals surface area (Å²) in [6.45, 7) is 6.47. The van der Waals surface area contributed by atoms with E-state index in [0.29, 0.717) is 24.1 Å². The summed E-state index contributed by atoms with van der Waals surface area (Å²) in [5.74, 6) is 0.455. The molecule has 0 aliphatic carbocycles. The summed E-state index contributed by atoms with van der Waals surface area (Å²) in [5, 5.41) is 19.8. The van der Waals surface area contributed by atoms with Crippen molar-refractivity contribution in [2.75, 3.05) is 24.2 Å². The number of hydrogen-bond donors (Lipinski definition) is 3. The highest BCUT2D eigenvalue weighted by Gasteiger charge is 2.16. The van der Waals surface area contributed by atoms with Gasteiger partial charge in [0.15, 0.2) is 0 Å². The van der Waals surface area contributed by atoms with Crippen molar-refractivity contribution < 1.29 is 14.7 Å². The average Bonchev–Trinajstić information content (AvgIpc) is 2.52. The molecule has 7 heteroatoms. The second kappa shape index (κ2) is 8.33. The van der Waals surface area contributed by atoms with E-state index in [9.17, 15) is 9.90 Å². The van der Waals surface area contributed by atoms with E-state index in [1.807, 2.05) is 39.0 Å². The Morgan fingerprint density at radius 2 is 2.30 bits per heavy atom. The van der Waals surface area contributed by atoms with Crippen molar-refractivity contribution in [3.63, 3.8) is 0 Å². The Balaban J connectivity index is 1.91. The first-order valence-electron chi connectivity index (χ1n) is 7.60. The molecule has 0 saturated carbocycles. The zero-order valence-electron chi connectivity index (χ0n) is 13.6. The van der Waals surface area contributed by atoms with Crippen molar-refractivity contribution in [2.45, 2.75) is 37.8 Å². The fourth-order valence-corrected chi connectivity index (χ4v) is 2.80. The van der Waals surface area contributed by atoms with Crippen LogP contribution < -0.4 is 10.6 Å². The van der Waals surface area contributed by atoms with Gasteiger partial charge < -0.3 is 20.6 Å². The summed E-state index contributed by atoms with van der Waals surface area (Å²) in [6.07, 6.45) is -0.604. The molecule has 1 aromatic rings. The van der Waals surface area contributed by atoms with E-state index >= 15 is 0 Å². The minimum atomic E-state index is -0.604. The van der Waals surface area contributed by atoms with E-state index in [-0.39, 0.29) is 12.5 Å². The molecule has 1 atom stereocenters. The number of fused-ring (bicyclic) bond motifs is 1. The topological polar surface area (TPSA) is 82.9 Å². The lowest BCUT2D eigenvalue weighted by Crippen LogP contribution is -2.34. The number of anilines is 1. The summed E-state index contributed by atoms with van der Waals surface area (Å²) < 4.78 is 0. The molecule has 1 unspecified atom stereocenters. The highest BCUT2D eigenvalue weighted by molar-refractivity contribution is 8.00. The number of amides is 1. The number of aliphatic hydroxyl groups excluding tert-OH is 1. The highest BCUT2D eigenvalue weighted by Crippen LogP contribution is 2.32. The van der Waals surface area contributed by atoms with Crippen LogP contribution in [0.25, 0.3) is 0 Å². The van der Waals surface area contributed by atoms with Gasteiger partial charge in [-0.15, -0.1) is 11.8 Å². The van der Waals surface area contributed by atoms with E-state index < -0.39 is 6.10 Å². The maximum absolute atomic E-state index is 11.4. The molecular weight excluding hydrogens is 314 g/mol. The van der Waals surface area contributed by atoms with Crippen molar-refractivity contribution in [1.29, 1.82) is 0 Å². The smallest absolute Gasteiger partial charge is 0.234 e. The molecule has 0 spiro atoms. The number of carbonyl (C=O) groups excluding carboxylic acids is 1. The Morgan fingerprint density at radius 3 is 3.04 bits per heavy atom. The summed E-state index contributed by atoms with van der Waals surface area (Å²) in [4.78, 5) is 17.7. The van der Waals surface area contributed by atoms with Crippen LogP contribution in [0.4, 0.5) is 5.69 Å². The first kappa shape index (κ1) is 17.8. The monoisotopic (exact) mass is 337 g/mol. The van der Waals surface area contributed by atoms with E-state index in [1.165, 1.54) is 11.8 Å². The van der Waals surface area contributed by atoms with Gasteiger partial charge in [-0.1, -0.05) is 25.1 Å². The predicted molar refractivity (Wildman–Crippen MR) is 93.1 cm³/mol. The molecule has 6 nitrogen and oxygen atoms in total. The van der Waals surface area contributed by atoms with Gasteiger partial charge in [-0.05, 0) is 19.1 Å². The standard InChI is InChI=1S/C16H23N3O3S/c1-10(2)17-7-13(20)8-22-19-11(3)12-4-5-15-14(6-12)18-16(21)9-23-15/h4-6,10,13,17,20H,7-9H2,1-3H3,(H,18,21)/b19-11+. The third-order valence-electron chi connectivity index (χ3n) is 3.26. The zero-order valence-corrected chi connectivity index (χ0v) is 14.4. The molecular formula is C16H23N3O3S. The summed E-state index contributed by atoms with van der Waals surface area (Å²) in [6, 6.07) is 6.12. The van der Waals surface area contributed by atoms with Crippen LogP contribution in [0.2, 0.25) is 0 Å². The molecule has 3 N–H and O–H groups in total. The fraction of sp³-hybridized carbons (Fsp3) is 0.500. The second-order valence-electron chi connectivity index (χ2n) is 5.74. The maximum Gasteiger partial charge on any atom is 0.234 e. The summed E-state index contributed by atoms with van der Waals surface area (Å²) >= 11 is 1.52. The number of oxime groups is 1. The van der Waals surface area contributed by atoms with E-state index in [2.05, 4.69) is 15.8 Å². The van der Waals surface area contributed by atoms with Crippen molar-refractivity contribution in [1.82, 2.24) is 5.32 Å². The van der Waals surface area contributed by atoms with Crippen LogP contribution in [0.5, 0.6) is 0 Å². The Hall–Kier alpha value is -1.57. The molecule has 1 heterocycles. The minimum Gasteiger partial charge on any atom is -0.393 e. The molecule has 1 aliphatic heterocycles. The van der Waals surface area contributed by atoms with Crippen LogP contribution in [0, 0.1) is 0 Å². The summed E-state index contributed by atoms with van der Waals surface area (Å²) in [5.41, 5.74) is 2.38. The largest absolute Gasteiger partial charge is 0.393 e. The van der Waals surface area contributed by atoms with Crippen molar-refractivity contribution in [2.24, 2.45) is 5.16 Å². The maximum atomic E-state index is 11.4. The van der Waals surface area contributed by atoms with Crippen molar-refractivity contribution >= 4 is 29.1 Å². The van der Waals surface area contributed by atoms with Crippen LogP contribution in [-0.2, 0) is 9.63 Å². The number of thioether (sulfide) groups is 1. The first-order valence-corrected chi connectivity index (χ1v) is 8.59. The predicted octanol–water partition coefficient (Wildman–Crippen LogP) is 1.83. The number of benzene rings is 1. The van der Waals surface area contributed by atoms with Crippen molar-refractivity contribution in [3.05, 3.63) is 23.8 Å². The van der Waals surface area contributed by atoms with E-state index in [0.717, 1.165) is 16.1 Å². The zero-order chi connectivity index (χ0) is 16.8. The molecule has 2 rings (SSSR count). The molecule has 126 valence electrons. The van der Waals surface area contributed by atoms with Gasteiger partial charge >= 0.3 is 0 Å². The van der Waals surface area contributed by atoms with Crippen LogP contribution in [0.1, 0.15) is 26.3 Å². The highest BCUT2D eigenvalue weighted by atomic mass is 32.2. The molecule has 1 amide bonds. The lowest BCUT2D eigenvalue weighted by Gasteiger charge is -2.17. The normalized spacial score (nSPS) is 16.0. The Kier molecular flexibility index (Phi) is 6.44. The lowest BCUT2D eigenvalue weighted by molar-refractivity contribution is -0.113. The van der Waals surface area contributed by atoms with Gasteiger partial charge in [0.2, 0.25) is 5.91 Å². The number of nitrogens with zero attached hydrogens (tertiary/aromatic N) is 1. The number of hydrogen-bond acceptors (Lipinski definition) is 6. The van der Waals surface area contributed by atoms with Crippen LogP contribution in [0.15, 0.2) is 28.3 Å². The van der Waals surface area contributed by atoms with Crippen LogP contribution in [-0.4, -0.2) is 47.8 Å². The molecule has 0 bridgehead atoms. The SMILES string of the molecule is C/C(=N\OCC(O)CNC(C)C)c1ccc2c(c1)NC(=O)CS2. The van der Waals surface area contributed by atoms with Gasteiger partial charge in [-0.3, -0.25) is 4.79 Å². The Labute approximate surface area is 140 Å². The number of carbonyl (C=O) groups is 1. The first-order chi connectivity index (χ1) is 11.0. The molecule has 0 saturated heterocycles. The molecule has 0 radical (unpaired) electrons. The van der Waals surface area contributed by atoms with E-state index in [4.69, 9.17) is 4.84 Å². The molecule has 1 aliphatic rings. The quantitative estimate of drug-likeness (QED) is 0.522. The number of aliphatic hydroxyl groups is 1. The van der Waals surface area contributed by atoms with Gasteiger partial charge in [-0.2, -0.15) is 0 Å². The van der Waals surface area contributed by atoms with Gasteiger partial charge in [0.25, 0.3) is 0 Å². The molecule has 0 fully saturated rings. The third kappa shape index (κ3) is 5.53. The second-order valence-corrected chi connectivity index (χ2v) is 6.75. The Bertz CT molecular complexity index is 590. The molecule has 0 aromatic heterocycles. The van der Waals surface area contributed by atoms with Crippen LogP contribution >= 0.6 is 11.8 Å². The summed E-state index contributed by atoms with van der Waals surface area (Å²) in [7, 11) is 0. The third-order valence-corrected chi connectivity index (χ3v) is 4.33. The number of nitrogens with one attached hydrogen (secondary N) is 2. The van der Waals surface area contributed by atoms with Crippen molar-refractivity contribution in [3.8, 4) is 0 Å². The number of rotatable bonds is 7. The van der Waals surface area contributed by atoms with Gasteiger partial charge in [0, 0.05) is 23.0 Å². The fourth-order valence-electron chi connectivity index (χ4n) is 2.01. The minimum absolute atomic E-state index is 0.00580. The molecule has 23 heavy (non-hydrogen) atoms. The molecule has 1 aromatic carbocycles. The van der Waals surface area contributed by atoms with E-state index in [1.54, 1.807) is 0 Å². The van der Waals surface area contributed by atoms with Gasteiger partial charge in [0.1, 0.15) is 12.7 Å². The van der Waals surface area contributed by atoms with Crippen LogP contribution in [0.3, 0.4) is 0 Å². The Morgan fingerprint density at radius 1 is 1.52 bits per heavy atom. The lowest BCUT2D eigenvalue weighted by atomic mass is 10.1. The van der Waals surface area contributed by atoms with Gasteiger partial charge in [-0.25, -0.2) is 0 Å². The average molecular weight is 337 g/mol.